The minimum Gasteiger partial charge on any atom is -0.381 e. The van der Waals surface area contributed by atoms with Gasteiger partial charge in [0.05, 0.1) is 11.4 Å². The zero-order valence-corrected chi connectivity index (χ0v) is 12.3. The summed E-state index contributed by atoms with van der Waals surface area (Å²) in [6, 6.07) is 9.56. The summed E-state index contributed by atoms with van der Waals surface area (Å²) in [5.74, 6) is 0. The maximum Gasteiger partial charge on any atom is 0.0578 e. The molecule has 0 saturated heterocycles. The van der Waals surface area contributed by atoms with Crippen molar-refractivity contribution in [2.75, 3.05) is 10.6 Å². The lowest BCUT2D eigenvalue weighted by Crippen LogP contribution is -2.19. The highest BCUT2D eigenvalue weighted by Crippen LogP contribution is 2.23. The zero-order valence-electron chi connectivity index (χ0n) is 12.3. The van der Waals surface area contributed by atoms with E-state index in [0.717, 1.165) is 0 Å². The Morgan fingerprint density at radius 2 is 1.22 bits per heavy atom. The molecule has 0 aromatic heterocycles. The van der Waals surface area contributed by atoms with Crippen molar-refractivity contribution in [2.45, 2.75) is 65.5 Å². The van der Waals surface area contributed by atoms with E-state index in [9.17, 15) is 0 Å². The lowest BCUT2D eigenvalue weighted by atomic mass is 10.1. The summed E-state index contributed by atoms with van der Waals surface area (Å²) in [5.41, 5.74) is 2.45. The lowest BCUT2D eigenvalue weighted by molar-refractivity contribution is 0.683. The minimum atomic E-state index is 0.527. The van der Waals surface area contributed by atoms with Gasteiger partial charge in [0.25, 0.3) is 0 Å². The Hall–Kier alpha value is -1.18. The van der Waals surface area contributed by atoms with Gasteiger partial charge in [-0.25, -0.2) is 0 Å². The number of para-hydroxylation sites is 2. The highest BCUT2D eigenvalue weighted by molar-refractivity contribution is 5.69. The summed E-state index contributed by atoms with van der Waals surface area (Å²) in [6.07, 6.45) is 4.85. The van der Waals surface area contributed by atoms with Crippen molar-refractivity contribution in [3.05, 3.63) is 24.3 Å². The molecule has 0 aliphatic rings. The molecule has 2 heteroatoms. The van der Waals surface area contributed by atoms with Gasteiger partial charge in [0.1, 0.15) is 0 Å². The van der Waals surface area contributed by atoms with Crippen molar-refractivity contribution in [2.24, 2.45) is 0 Å². The van der Waals surface area contributed by atoms with Crippen LogP contribution in [0.25, 0.3) is 0 Å². The van der Waals surface area contributed by atoms with Gasteiger partial charge in [-0.2, -0.15) is 0 Å². The van der Waals surface area contributed by atoms with E-state index in [1.807, 2.05) is 0 Å². The molecule has 1 rings (SSSR count). The first-order chi connectivity index (χ1) is 8.67. The first-order valence-corrected chi connectivity index (χ1v) is 7.29. The van der Waals surface area contributed by atoms with Gasteiger partial charge in [-0.1, -0.05) is 38.8 Å². The number of hydrogen-bond donors (Lipinski definition) is 2. The molecule has 2 N–H and O–H groups in total. The van der Waals surface area contributed by atoms with Crippen molar-refractivity contribution in [3.8, 4) is 0 Å². The fourth-order valence-electron chi connectivity index (χ4n) is 2.28. The number of hydrogen-bond acceptors (Lipinski definition) is 2. The fraction of sp³-hybridized carbons (Fsp3) is 0.625. The summed E-state index contributed by atoms with van der Waals surface area (Å²) in [5, 5.41) is 7.19. The quantitative estimate of drug-likeness (QED) is 0.684. The number of rotatable bonds is 8. The van der Waals surface area contributed by atoms with Crippen molar-refractivity contribution >= 4 is 11.4 Å². The molecule has 18 heavy (non-hydrogen) atoms. The van der Waals surface area contributed by atoms with E-state index in [-0.39, 0.29) is 0 Å². The van der Waals surface area contributed by atoms with Gasteiger partial charge in [-0.05, 0) is 38.8 Å². The molecule has 0 saturated carbocycles. The van der Waals surface area contributed by atoms with Gasteiger partial charge in [0, 0.05) is 12.1 Å². The highest BCUT2D eigenvalue weighted by atomic mass is 15.0. The molecule has 0 amide bonds. The lowest BCUT2D eigenvalue weighted by Gasteiger charge is -2.21. The van der Waals surface area contributed by atoms with Gasteiger partial charge >= 0.3 is 0 Å². The Morgan fingerprint density at radius 3 is 1.56 bits per heavy atom. The SMILES string of the molecule is CCCC(C)Nc1ccccc1NC(C)CCC. The van der Waals surface area contributed by atoms with E-state index in [1.165, 1.54) is 37.1 Å². The van der Waals surface area contributed by atoms with Gasteiger partial charge in [-0.15, -0.1) is 0 Å². The van der Waals surface area contributed by atoms with Gasteiger partial charge in [-0.3, -0.25) is 0 Å². The van der Waals surface area contributed by atoms with Crippen LogP contribution in [0, 0.1) is 0 Å². The average Bonchev–Trinajstić information content (AvgIpc) is 2.32. The summed E-state index contributed by atoms with van der Waals surface area (Å²) in [4.78, 5) is 0. The zero-order chi connectivity index (χ0) is 13.4. The Labute approximate surface area is 112 Å². The van der Waals surface area contributed by atoms with Crippen molar-refractivity contribution in [3.63, 3.8) is 0 Å². The standard InChI is InChI=1S/C16H28N2/c1-5-9-13(3)17-15-11-7-8-12-16(15)18-14(4)10-6-2/h7-8,11-14,17-18H,5-6,9-10H2,1-4H3. The van der Waals surface area contributed by atoms with E-state index in [4.69, 9.17) is 0 Å². The first-order valence-electron chi connectivity index (χ1n) is 7.29. The maximum atomic E-state index is 3.60. The Balaban J connectivity index is 2.66. The summed E-state index contributed by atoms with van der Waals surface area (Å²) < 4.78 is 0. The van der Waals surface area contributed by atoms with Crippen LogP contribution in [0.1, 0.15) is 53.4 Å². The predicted molar refractivity (Wildman–Crippen MR) is 82.4 cm³/mol. The maximum absolute atomic E-state index is 3.60. The molecule has 0 aliphatic carbocycles. The molecular formula is C16H28N2. The van der Waals surface area contributed by atoms with Crippen LogP contribution < -0.4 is 10.6 Å². The average molecular weight is 248 g/mol. The molecule has 2 nitrogen and oxygen atoms in total. The Bertz CT molecular complexity index is 303. The van der Waals surface area contributed by atoms with Gasteiger partial charge < -0.3 is 10.6 Å². The van der Waals surface area contributed by atoms with Crippen LogP contribution in [-0.2, 0) is 0 Å². The summed E-state index contributed by atoms with van der Waals surface area (Å²) >= 11 is 0. The van der Waals surface area contributed by atoms with Gasteiger partial charge in [0.15, 0.2) is 0 Å². The molecule has 0 aliphatic heterocycles. The molecule has 1 aromatic carbocycles. The topological polar surface area (TPSA) is 24.1 Å². The summed E-state index contributed by atoms with van der Waals surface area (Å²) in [6.45, 7) is 8.95. The molecule has 0 bridgehead atoms. The first kappa shape index (κ1) is 14.9. The van der Waals surface area contributed by atoms with Crippen LogP contribution in [-0.4, -0.2) is 12.1 Å². The van der Waals surface area contributed by atoms with E-state index < -0.39 is 0 Å². The third-order valence-electron chi connectivity index (χ3n) is 3.17. The molecular weight excluding hydrogens is 220 g/mol. The second kappa shape index (κ2) is 8.02. The van der Waals surface area contributed by atoms with Crippen molar-refractivity contribution in [1.82, 2.24) is 0 Å². The molecule has 0 heterocycles. The third-order valence-corrected chi connectivity index (χ3v) is 3.17. The van der Waals surface area contributed by atoms with Crippen LogP contribution in [0.5, 0.6) is 0 Å². The highest BCUT2D eigenvalue weighted by Gasteiger charge is 2.07. The third kappa shape index (κ3) is 4.99. The van der Waals surface area contributed by atoms with Crippen LogP contribution >= 0.6 is 0 Å². The molecule has 0 radical (unpaired) electrons. The van der Waals surface area contributed by atoms with E-state index in [0.29, 0.717) is 12.1 Å². The van der Waals surface area contributed by atoms with E-state index in [2.05, 4.69) is 62.6 Å². The summed E-state index contributed by atoms with van der Waals surface area (Å²) in [7, 11) is 0. The van der Waals surface area contributed by atoms with Gasteiger partial charge in [0.2, 0.25) is 0 Å². The molecule has 2 atom stereocenters. The molecule has 0 spiro atoms. The van der Waals surface area contributed by atoms with Crippen LogP contribution in [0.4, 0.5) is 11.4 Å². The normalized spacial score (nSPS) is 14.0. The van der Waals surface area contributed by atoms with Crippen molar-refractivity contribution < 1.29 is 0 Å². The largest absolute Gasteiger partial charge is 0.381 e. The monoisotopic (exact) mass is 248 g/mol. The fourth-order valence-corrected chi connectivity index (χ4v) is 2.28. The van der Waals surface area contributed by atoms with Crippen LogP contribution in [0.3, 0.4) is 0 Å². The minimum absolute atomic E-state index is 0.527. The van der Waals surface area contributed by atoms with Crippen LogP contribution in [0.2, 0.25) is 0 Å². The number of nitrogens with one attached hydrogen (secondary N) is 2. The van der Waals surface area contributed by atoms with E-state index in [1.54, 1.807) is 0 Å². The number of anilines is 2. The van der Waals surface area contributed by atoms with Crippen LogP contribution in [0.15, 0.2) is 24.3 Å². The molecule has 1 aromatic rings. The molecule has 0 fully saturated rings. The molecule has 2 unspecified atom stereocenters. The number of benzene rings is 1. The smallest absolute Gasteiger partial charge is 0.0578 e. The second-order valence-corrected chi connectivity index (χ2v) is 5.21. The Morgan fingerprint density at radius 1 is 0.833 bits per heavy atom. The van der Waals surface area contributed by atoms with E-state index >= 15 is 0 Å². The second-order valence-electron chi connectivity index (χ2n) is 5.21. The Kier molecular flexibility index (Phi) is 6.63. The van der Waals surface area contributed by atoms with Crippen molar-refractivity contribution in [1.29, 1.82) is 0 Å². The predicted octanol–water partition coefficient (Wildman–Crippen LogP) is 4.89. The molecule has 102 valence electrons.